The molecule has 1 saturated heterocycles. The highest BCUT2D eigenvalue weighted by molar-refractivity contribution is 7.89. The minimum absolute atomic E-state index is 0.438. The largest absolute Gasteiger partial charge is 0.362 e. The SMILES string of the molecule is C[NH+](C)CCCNC(=S)N1CCN(S(=O)(=O)c2ccc3c(c2)CCCC3)CC1. The summed E-state index contributed by atoms with van der Waals surface area (Å²) in [6, 6.07) is 5.69. The van der Waals surface area contributed by atoms with Crippen LogP contribution >= 0.6 is 12.2 Å². The Kier molecular flexibility index (Phi) is 7.31. The fourth-order valence-corrected chi connectivity index (χ4v) is 5.66. The van der Waals surface area contributed by atoms with E-state index in [1.807, 2.05) is 12.1 Å². The van der Waals surface area contributed by atoms with Crippen LogP contribution < -0.4 is 10.2 Å². The number of piperazine rings is 1. The Hall–Kier alpha value is -1.22. The molecule has 0 aromatic heterocycles. The Morgan fingerprint density at radius 1 is 1.11 bits per heavy atom. The summed E-state index contributed by atoms with van der Waals surface area (Å²) in [5, 5.41) is 4.04. The quantitative estimate of drug-likeness (QED) is 0.507. The lowest BCUT2D eigenvalue weighted by Crippen LogP contribution is -3.05. The number of nitrogens with zero attached hydrogens (tertiary/aromatic N) is 2. The van der Waals surface area contributed by atoms with E-state index in [1.54, 1.807) is 10.4 Å². The molecule has 1 heterocycles. The first-order valence-electron chi connectivity index (χ1n) is 10.3. The lowest BCUT2D eigenvalue weighted by Gasteiger charge is -2.35. The van der Waals surface area contributed by atoms with E-state index in [-0.39, 0.29) is 0 Å². The highest BCUT2D eigenvalue weighted by Gasteiger charge is 2.29. The number of rotatable bonds is 6. The highest BCUT2D eigenvalue weighted by Crippen LogP contribution is 2.26. The summed E-state index contributed by atoms with van der Waals surface area (Å²) < 4.78 is 27.8. The third-order valence-corrected chi connectivity index (χ3v) is 7.91. The van der Waals surface area contributed by atoms with Gasteiger partial charge in [-0.2, -0.15) is 4.31 Å². The van der Waals surface area contributed by atoms with Crippen molar-refractivity contribution in [3.8, 4) is 0 Å². The third-order valence-electron chi connectivity index (χ3n) is 5.61. The third kappa shape index (κ3) is 5.23. The van der Waals surface area contributed by atoms with E-state index < -0.39 is 10.0 Å². The van der Waals surface area contributed by atoms with Crippen LogP contribution in [0, 0.1) is 0 Å². The molecule has 1 aliphatic heterocycles. The van der Waals surface area contributed by atoms with E-state index in [2.05, 4.69) is 24.3 Å². The molecule has 0 bridgehead atoms. The van der Waals surface area contributed by atoms with Crippen LogP contribution in [0.5, 0.6) is 0 Å². The second-order valence-electron chi connectivity index (χ2n) is 8.07. The van der Waals surface area contributed by atoms with E-state index in [9.17, 15) is 8.42 Å². The number of benzene rings is 1. The molecule has 0 atom stereocenters. The van der Waals surface area contributed by atoms with Crippen LogP contribution in [-0.4, -0.2) is 76.1 Å². The van der Waals surface area contributed by atoms with Crippen LogP contribution in [0.3, 0.4) is 0 Å². The monoisotopic (exact) mass is 425 g/mol. The average molecular weight is 426 g/mol. The summed E-state index contributed by atoms with van der Waals surface area (Å²) in [5.74, 6) is 0. The van der Waals surface area contributed by atoms with Gasteiger partial charge in [0.05, 0.1) is 25.5 Å². The minimum atomic E-state index is -3.43. The Morgan fingerprint density at radius 2 is 1.79 bits per heavy atom. The van der Waals surface area contributed by atoms with Gasteiger partial charge in [0.25, 0.3) is 0 Å². The molecule has 0 saturated carbocycles. The molecule has 6 nitrogen and oxygen atoms in total. The zero-order chi connectivity index (χ0) is 20.1. The van der Waals surface area contributed by atoms with Crippen LogP contribution in [0.25, 0.3) is 0 Å². The second-order valence-corrected chi connectivity index (χ2v) is 10.4. The van der Waals surface area contributed by atoms with Crippen LogP contribution in [0.1, 0.15) is 30.4 Å². The van der Waals surface area contributed by atoms with Gasteiger partial charge in [-0.05, 0) is 61.2 Å². The van der Waals surface area contributed by atoms with E-state index in [0.29, 0.717) is 31.1 Å². The first-order valence-corrected chi connectivity index (χ1v) is 12.2. The Balaban J connectivity index is 1.54. The number of quaternary nitrogens is 1. The molecule has 1 aromatic rings. The van der Waals surface area contributed by atoms with Gasteiger partial charge in [-0.1, -0.05) is 6.07 Å². The van der Waals surface area contributed by atoms with E-state index in [4.69, 9.17) is 12.2 Å². The number of hydrogen-bond acceptors (Lipinski definition) is 3. The smallest absolute Gasteiger partial charge is 0.243 e. The maximum Gasteiger partial charge on any atom is 0.243 e. The van der Waals surface area contributed by atoms with E-state index >= 15 is 0 Å². The van der Waals surface area contributed by atoms with E-state index in [0.717, 1.165) is 43.9 Å². The Morgan fingerprint density at radius 3 is 2.46 bits per heavy atom. The zero-order valence-corrected chi connectivity index (χ0v) is 18.7. The van der Waals surface area contributed by atoms with Gasteiger partial charge in [0.15, 0.2) is 5.11 Å². The number of nitrogens with one attached hydrogen (secondary N) is 2. The van der Waals surface area contributed by atoms with Crippen molar-refractivity contribution in [1.29, 1.82) is 0 Å². The summed E-state index contributed by atoms with van der Waals surface area (Å²) >= 11 is 5.49. The minimum Gasteiger partial charge on any atom is -0.362 e. The first kappa shape index (κ1) is 21.5. The standard InChI is InChI=1S/C20H32N4O2S2/c1-22(2)11-5-10-21-20(27)23-12-14-24(15-13-23)28(25,26)19-9-8-17-6-3-4-7-18(17)16-19/h8-9,16H,3-7,10-15H2,1-2H3,(H,21,27)/p+1. The summed E-state index contributed by atoms with van der Waals surface area (Å²) in [7, 11) is 0.844. The van der Waals surface area contributed by atoms with Gasteiger partial charge in [-0.3, -0.25) is 0 Å². The van der Waals surface area contributed by atoms with E-state index in [1.165, 1.54) is 22.4 Å². The predicted molar refractivity (Wildman–Crippen MR) is 116 cm³/mol. The molecule has 28 heavy (non-hydrogen) atoms. The topological polar surface area (TPSA) is 57.1 Å². The van der Waals surface area contributed by atoms with Crippen molar-refractivity contribution in [2.24, 2.45) is 0 Å². The Bertz CT molecular complexity index is 787. The molecule has 0 unspecified atom stereocenters. The fraction of sp³-hybridized carbons (Fsp3) is 0.650. The lowest BCUT2D eigenvalue weighted by atomic mass is 9.92. The fourth-order valence-electron chi connectivity index (χ4n) is 3.90. The van der Waals surface area contributed by atoms with Crippen molar-refractivity contribution >= 4 is 27.4 Å². The number of thiocarbonyl (C=S) groups is 1. The Labute approximate surface area is 174 Å². The summed E-state index contributed by atoms with van der Waals surface area (Å²) in [5.41, 5.74) is 2.51. The molecular weight excluding hydrogens is 392 g/mol. The van der Waals surface area contributed by atoms with Gasteiger partial charge >= 0.3 is 0 Å². The number of sulfonamides is 1. The van der Waals surface area contributed by atoms with Crippen LogP contribution in [0.2, 0.25) is 0 Å². The maximum atomic E-state index is 13.1. The van der Waals surface area contributed by atoms with Crippen molar-refractivity contribution < 1.29 is 13.3 Å². The lowest BCUT2D eigenvalue weighted by molar-refractivity contribution is -0.858. The molecule has 2 aliphatic rings. The van der Waals surface area contributed by atoms with Gasteiger partial charge in [0.1, 0.15) is 0 Å². The molecule has 0 amide bonds. The molecule has 156 valence electrons. The summed E-state index contributed by atoms with van der Waals surface area (Å²) in [4.78, 5) is 3.94. The number of fused-ring (bicyclic) bond motifs is 1. The average Bonchev–Trinajstić information content (AvgIpc) is 2.70. The molecule has 3 rings (SSSR count). The maximum absolute atomic E-state index is 13.1. The van der Waals surface area contributed by atoms with Crippen molar-refractivity contribution in [1.82, 2.24) is 14.5 Å². The van der Waals surface area contributed by atoms with Crippen LogP contribution in [0.4, 0.5) is 0 Å². The summed E-state index contributed by atoms with van der Waals surface area (Å²) in [6.07, 6.45) is 5.46. The molecule has 1 aromatic carbocycles. The van der Waals surface area contributed by atoms with Crippen molar-refractivity contribution in [3.63, 3.8) is 0 Å². The zero-order valence-electron chi connectivity index (χ0n) is 17.0. The van der Waals surface area contributed by atoms with Gasteiger partial charge in [0, 0.05) is 39.1 Å². The van der Waals surface area contributed by atoms with Crippen LogP contribution in [0.15, 0.2) is 23.1 Å². The molecular formula is C20H33N4O2S2+. The molecule has 1 fully saturated rings. The molecule has 0 spiro atoms. The molecule has 8 heteroatoms. The van der Waals surface area contributed by atoms with Crippen molar-refractivity contribution in [3.05, 3.63) is 29.3 Å². The number of hydrogen-bond donors (Lipinski definition) is 2. The van der Waals surface area contributed by atoms with Crippen molar-refractivity contribution in [2.75, 3.05) is 53.4 Å². The molecule has 2 N–H and O–H groups in total. The first-order chi connectivity index (χ1) is 13.4. The van der Waals surface area contributed by atoms with Gasteiger partial charge in [0.2, 0.25) is 10.0 Å². The predicted octanol–water partition coefficient (Wildman–Crippen LogP) is 0.281. The number of aryl methyl sites for hydroxylation is 2. The van der Waals surface area contributed by atoms with Gasteiger partial charge < -0.3 is 15.1 Å². The second kappa shape index (κ2) is 9.52. The molecule has 0 radical (unpaired) electrons. The van der Waals surface area contributed by atoms with Crippen molar-refractivity contribution in [2.45, 2.75) is 37.0 Å². The van der Waals surface area contributed by atoms with Gasteiger partial charge in [-0.15, -0.1) is 0 Å². The molecule has 1 aliphatic carbocycles. The van der Waals surface area contributed by atoms with Gasteiger partial charge in [-0.25, -0.2) is 8.42 Å². The summed E-state index contributed by atoms with van der Waals surface area (Å²) in [6.45, 7) is 4.18. The highest BCUT2D eigenvalue weighted by atomic mass is 32.2. The van der Waals surface area contributed by atoms with Crippen LogP contribution in [-0.2, 0) is 22.9 Å². The normalized spacial score (nSPS) is 18.2.